The zero-order chi connectivity index (χ0) is 23.6. The fraction of sp³-hybridized carbons (Fsp3) is 0.600. The highest BCUT2D eigenvalue weighted by Crippen LogP contribution is 2.42. The molecule has 0 atom stereocenters. The van der Waals surface area contributed by atoms with Crippen molar-refractivity contribution in [2.45, 2.75) is 84.0 Å². The second-order valence-electron chi connectivity index (χ2n) is 9.69. The molecule has 0 aromatic carbocycles. The molecule has 3 aromatic rings. The van der Waals surface area contributed by atoms with Gasteiger partial charge in [-0.05, 0) is 38.2 Å². The minimum absolute atomic E-state index is 0.197. The van der Waals surface area contributed by atoms with Crippen LogP contribution in [0.2, 0.25) is 0 Å². The standard InChI is InChI=1S/C25H33N3O3S2/c1-6-7-8-9-30-19(29)13-32-24-22-21(26-14-27-24)20-16-11-25(4,5)31-12-17(16)18(10-15(2)3)28-23(20)33-22/h14-15H,6-13H2,1-5H3. The summed E-state index contributed by atoms with van der Waals surface area (Å²) in [6, 6.07) is 0. The van der Waals surface area contributed by atoms with Crippen LogP contribution < -0.4 is 0 Å². The maximum Gasteiger partial charge on any atom is 0.316 e. The molecule has 3 aromatic heterocycles. The normalized spacial score (nSPS) is 15.3. The Hall–Kier alpha value is -1.77. The van der Waals surface area contributed by atoms with Crippen molar-refractivity contribution >= 4 is 49.5 Å². The van der Waals surface area contributed by atoms with Crippen LogP contribution in [0.5, 0.6) is 0 Å². The molecule has 0 amide bonds. The topological polar surface area (TPSA) is 74.2 Å². The molecule has 0 N–H and O–H groups in total. The predicted molar refractivity (Wildman–Crippen MR) is 135 cm³/mol. The van der Waals surface area contributed by atoms with Crippen molar-refractivity contribution in [2.24, 2.45) is 5.92 Å². The quantitative estimate of drug-likeness (QED) is 0.156. The van der Waals surface area contributed by atoms with Crippen molar-refractivity contribution in [1.82, 2.24) is 15.0 Å². The second kappa shape index (κ2) is 10.2. The van der Waals surface area contributed by atoms with Gasteiger partial charge >= 0.3 is 5.97 Å². The Balaban J connectivity index is 1.69. The third-order valence-electron chi connectivity index (χ3n) is 5.82. The van der Waals surface area contributed by atoms with Crippen LogP contribution in [-0.4, -0.2) is 38.9 Å². The maximum absolute atomic E-state index is 12.2. The molecule has 1 aliphatic heterocycles. The molecule has 33 heavy (non-hydrogen) atoms. The fourth-order valence-corrected chi connectivity index (χ4v) is 6.27. The molecule has 4 heterocycles. The lowest BCUT2D eigenvalue weighted by atomic mass is 9.88. The summed E-state index contributed by atoms with van der Waals surface area (Å²) in [5.74, 6) is 0.563. The van der Waals surface area contributed by atoms with Gasteiger partial charge in [-0.25, -0.2) is 15.0 Å². The predicted octanol–water partition coefficient (Wildman–Crippen LogP) is 6.11. The average molecular weight is 488 g/mol. The molecule has 6 nitrogen and oxygen atoms in total. The van der Waals surface area contributed by atoms with Gasteiger partial charge in [0.25, 0.3) is 0 Å². The number of hydrogen-bond donors (Lipinski definition) is 0. The van der Waals surface area contributed by atoms with E-state index in [1.165, 1.54) is 22.9 Å². The molecule has 0 saturated carbocycles. The maximum atomic E-state index is 12.2. The van der Waals surface area contributed by atoms with Gasteiger partial charge in [0.1, 0.15) is 16.2 Å². The summed E-state index contributed by atoms with van der Waals surface area (Å²) in [6.45, 7) is 11.9. The summed E-state index contributed by atoms with van der Waals surface area (Å²) in [7, 11) is 0. The SMILES string of the molecule is CCCCCOC(=O)CSc1ncnc2c1sc1nc(CC(C)C)c3c(c12)CC(C)(C)OC3. The summed E-state index contributed by atoms with van der Waals surface area (Å²) in [4.78, 5) is 27.4. The number of fused-ring (bicyclic) bond motifs is 5. The number of nitrogens with zero attached hydrogens (tertiary/aromatic N) is 3. The first kappa shape index (κ1) is 24.4. The number of pyridine rings is 1. The van der Waals surface area contributed by atoms with Crippen molar-refractivity contribution in [2.75, 3.05) is 12.4 Å². The molecular formula is C25H33N3O3S2. The first-order valence-electron chi connectivity index (χ1n) is 11.8. The van der Waals surface area contributed by atoms with E-state index >= 15 is 0 Å². The molecule has 0 bridgehead atoms. The Labute approximate surface area is 203 Å². The third-order valence-corrected chi connectivity index (χ3v) is 7.99. The van der Waals surface area contributed by atoms with Gasteiger partial charge in [0.05, 0.1) is 34.8 Å². The fourth-order valence-electron chi connectivity index (χ4n) is 4.22. The van der Waals surface area contributed by atoms with Crippen LogP contribution in [0.1, 0.15) is 70.7 Å². The summed E-state index contributed by atoms with van der Waals surface area (Å²) in [6.07, 6.45) is 6.45. The van der Waals surface area contributed by atoms with Gasteiger partial charge in [-0.3, -0.25) is 4.79 Å². The van der Waals surface area contributed by atoms with Crippen LogP contribution >= 0.6 is 23.1 Å². The Morgan fingerprint density at radius 3 is 2.85 bits per heavy atom. The zero-order valence-electron chi connectivity index (χ0n) is 20.2. The van der Waals surface area contributed by atoms with Gasteiger partial charge in [-0.15, -0.1) is 11.3 Å². The Kier molecular flexibility index (Phi) is 7.56. The van der Waals surface area contributed by atoms with Gasteiger partial charge < -0.3 is 9.47 Å². The molecule has 0 aliphatic carbocycles. The summed E-state index contributed by atoms with van der Waals surface area (Å²) in [5.41, 5.74) is 4.37. The van der Waals surface area contributed by atoms with Gasteiger partial charge in [-0.2, -0.15) is 0 Å². The van der Waals surface area contributed by atoms with E-state index in [1.54, 1.807) is 17.7 Å². The zero-order valence-corrected chi connectivity index (χ0v) is 21.8. The number of thiophene rings is 1. The lowest BCUT2D eigenvalue weighted by Gasteiger charge is -2.33. The van der Waals surface area contributed by atoms with E-state index in [4.69, 9.17) is 14.5 Å². The minimum atomic E-state index is -0.225. The molecule has 0 spiro atoms. The molecule has 0 radical (unpaired) electrons. The molecule has 0 saturated heterocycles. The smallest absolute Gasteiger partial charge is 0.316 e. The Morgan fingerprint density at radius 1 is 1.27 bits per heavy atom. The van der Waals surface area contributed by atoms with E-state index in [1.807, 2.05) is 0 Å². The first-order chi connectivity index (χ1) is 15.8. The van der Waals surface area contributed by atoms with E-state index < -0.39 is 0 Å². The van der Waals surface area contributed by atoms with Crippen LogP contribution in [-0.2, 0) is 33.7 Å². The second-order valence-corrected chi connectivity index (χ2v) is 11.7. The monoisotopic (exact) mass is 487 g/mol. The molecule has 8 heteroatoms. The van der Waals surface area contributed by atoms with E-state index in [-0.39, 0.29) is 17.3 Å². The molecular weight excluding hydrogens is 454 g/mol. The minimum Gasteiger partial charge on any atom is -0.465 e. The van der Waals surface area contributed by atoms with Crippen LogP contribution in [0, 0.1) is 5.92 Å². The van der Waals surface area contributed by atoms with E-state index in [0.717, 1.165) is 63.3 Å². The highest BCUT2D eigenvalue weighted by molar-refractivity contribution is 8.00. The van der Waals surface area contributed by atoms with Crippen molar-refractivity contribution in [3.05, 3.63) is 23.1 Å². The number of hydrogen-bond acceptors (Lipinski definition) is 8. The number of esters is 1. The van der Waals surface area contributed by atoms with Gasteiger partial charge in [-0.1, -0.05) is 45.4 Å². The molecule has 0 unspecified atom stereocenters. The molecule has 1 aliphatic rings. The van der Waals surface area contributed by atoms with Gasteiger partial charge in [0.2, 0.25) is 0 Å². The van der Waals surface area contributed by atoms with Crippen LogP contribution in [0.4, 0.5) is 0 Å². The number of rotatable bonds is 9. The lowest BCUT2D eigenvalue weighted by molar-refractivity contribution is -0.140. The van der Waals surface area contributed by atoms with Gasteiger partial charge in [0.15, 0.2) is 0 Å². The average Bonchev–Trinajstić information content (AvgIpc) is 3.13. The van der Waals surface area contributed by atoms with E-state index in [2.05, 4.69) is 44.6 Å². The van der Waals surface area contributed by atoms with Crippen molar-refractivity contribution in [3.63, 3.8) is 0 Å². The summed E-state index contributed by atoms with van der Waals surface area (Å²) < 4.78 is 12.5. The summed E-state index contributed by atoms with van der Waals surface area (Å²) >= 11 is 3.05. The Bertz CT molecular complexity index is 1160. The Morgan fingerprint density at radius 2 is 2.09 bits per heavy atom. The van der Waals surface area contributed by atoms with Crippen molar-refractivity contribution in [1.29, 1.82) is 0 Å². The van der Waals surface area contributed by atoms with Gasteiger partial charge in [0, 0.05) is 23.1 Å². The lowest BCUT2D eigenvalue weighted by Crippen LogP contribution is -2.33. The number of carbonyl (C=O) groups is 1. The summed E-state index contributed by atoms with van der Waals surface area (Å²) in [5, 5.41) is 1.94. The van der Waals surface area contributed by atoms with Crippen LogP contribution in [0.25, 0.3) is 20.4 Å². The number of ether oxygens (including phenoxy) is 2. The highest BCUT2D eigenvalue weighted by Gasteiger charge is 2.31. The van der Waals surface area contributed by atoms with Crippen LogP contribution in [0.15, 0.2) is 11.4 Å². The molecule has 0 fully saturated rings. The molecule has 178 valence electrons. The third kappa shape index (κ3) is 5.49. The number of aromatic nitrogens is 3. The van der Waals surface area contributed by atoms with Crippen LogP contribution in [0.3, 0.4) is 0 Å². The number of unbranched alkanes of at least 4 members (excludes halogenated alkanes) is 2. The largest absolute Gasteiger partial charge is 0.465 e. The highest BCUT2D eigenvalue weighted by atomic mass is 32.2. The van der Waals surface area contributed by atoms with Crippen molar-refractivity contribution < 1.29 is 14.3 Å². The van der Waals surface area contributed by atoms with Crippen molar-refractivity contribution in [3.8, 4) is 0 Å². The van der Waals surface area contributed by atoms with E-state index in [0.29, 0.717) is 19.1 Å². The van der Waals surface area contributed by atoms with E-state index in [9.17, 15) is 4.79 Å². The molecule has 4 rings (SSSR count). The first-order valence-corrected chi connectivity index (χ1v) is 13.6. The number of carbonyl (C=O) groups excluding carboxylic acids is 1. The number of thioether (sulfide) groups is 1.